The lowest BCUT2D eigenvalue weighted by Gasteiger charge is -2.18. The number of hydrogen-bond donors (Lipinski definition) is 2. The summed E-state index contributed by atoms with van der Waals surface area (Å²) in [5, 5.41) is 6.69. The maximum atomic E-state index is 11.7. The zero-order valence-electron chi connectivity index (χ0n) is 14.5. The number of aliphatic imine (C=N–C) groups is 1. The topological polar surface area (TPSA) is 66.0 Å². The van der Waals surface area contributed by atoms with Gasteiger partial charge in [-0.05, 0) is 18.8 Å². The Balaban J connectivity index is 2.17. The minimum Gasteiger partial charge on any atom is -0.381 e. The highest BCUT2D eigenvalue weighted by molar-refractivity contribution is 5.80. The van der Waals surface area contributed by atoms with E-state index in [1.54, 1.807) is 7.05 Å². The molecule has 0 aliphatic carbocycles. The summed E-state index contributed by atoms with van der Waals surface area (Å²) in [5.41, 5.74) is 0. The van der Waals surface area contributed by atoms with Crippen molar-refractivity contribution < 1.29 is 9.53 Å². The average Bonchev–Trinajstić information content (AvgIpc) is 2.96. The maximum absolute atomic E-state index is 11.7. The zero-order valence-corrected chi connectivity index (χ0v) is 14.5. The van der Waals surface area contributed by atoms with Crippen molar-refractivity contribution in [3.8, 4) is 0 Å². The molecule has 22 heavy (non-hydrogen) atoms. The molecule has 0 radical (unpaired) electrons. The van der Waals surface area contributed by atoms with Crippen LogP contribution < -0.4 is 10.6 Å². The molecule has 1 saturated heterocycles. The van der Waals surface area contributed by atoms with E-state index in [1.165, 1.54) is 0 Å². The predicted octanol–water partition coefficient (Wildman–Crippen LogP) is 1.23. The summed E-state index contributed by atoms with van der Waals surface area (Å²) in [7, 11) is 1.77. The predicted molar refractivity (Wildman–Crippen MR) is 90.0 cm³/mol. The first-order valence-corrected chi connectivity index (χ1v) is 8.39. The Labute approximate surface area is 134 Å². The van der Waals surface area contributed by atoms with E-state index < -0.39 is 0 Å². The van der Waals surface area contributed by atoms with Crippen LogP contribution in [0.1, 0.15) is 40.0 Å². The number of guanidine groups is 1. The number of carbonyl (C=O) groups excluding carboxylic acids is 1. The monoisotopic (exact) mass is 312 g/mol. The van der Waals surface area contributed by atoms with Crippen molar-refractivity contribution in [3.05, 3.63) is 0 Å². The van der Waals surface area contributed by atoms with E-state index >= 15 is 0 Å². The maximum Gasteiger partial charge on any atom is 0.222 e. The van der Waals surface area contributed by atoms with Crippen molar-refractivity contribution >= 4 is 11.9 Å². The van der Waals surface area contributed by atoms with Crippen LogP contribution in [0.2, 0.25) is 0 Å². The van der Waals surface area contributed by atoms with Gasteiger partial charge in [0, 0.05) is 52.4 Å². The van der Waals surface area contributed by atoms with Gasteiger partial charge in [-0.15, -0.1) is 0 Å². The largest absolute Gasteiger partial charge is 0.381 e. The van der Waals surface area contributed by atoms with Gasteiger partial charge >= 0.3 is 0 Å². The van der Waals surface area contributed by atoms with Crippen LogP contribution in [0.15, 0.2) is 4.99 Å². The standard InChI is InChI=1S/C16H32N4O2/c1-5-15(21)20-9-7-14(11-20)19-16(17-4)18-8-6-10-22-12-13(2)3/h13-14H,5-12H2,1-4H3,(H2,17,18,19). The van der Waals surface area contributed by atoms with Crippen LogP contribution in [0, 0.1) is 5.92 Å². The van der Waals surface area contributed by atoms with Crippen LogP contribution in [0.25, 0.3) is 0 Å². The van der Waals surface area contributed by atoms with Crippen LogP contribution in [0.4, 0.5) is 0 Å². The quantitative estimate of drug-likeness (QED) is 0.402. The van der Waals surface area contributed by atoms with Gasteiger partial charge < -0.3 is 20.3 Å². The van der Waals surface area contributed by atoms with Gasteiger partial charge in [-0.3, -0.25) is 9.79 Å². The van der Waals surface area contributed by atoms with Crippen LogP contribution in [-0.4, -0.2) is 62.7 Å². The summed E-state index contributed by atoms with van der Waals surface area (Å²) in [4.78, 5) is 17.8. The summed E-state index contributed by atoms with van der Waals surface area (Å²) in [6, 6.07) is 0.291. The van der Waals surface area contributed by atoms with E-state index in [4.69, 9.17) is 4.74 Å². The first-order valence-electron chi connectivity index (χ1n) is 8.39. The van der Waals surface area contributed by atoms with E-state index in [9.17, 15) is 4.79 Å². The summed E-state index contributed by atoms with van der Waals surface area (Å²) in [5.74, 6) is 1.62. The summed E-state index contributed by atoms with van der Waals surface area (Å²) in [6.45, 7) is 10.2. The first-order chi connectivity index (χ1) is 10.6. The molecule has 1 atom stereocenters. The van der Waals surface area contributed by atoms with Crippen molar-refractivity contribution in [1.82, 2.24) is 15.5 Å². The fraction of sp³-hybridized carbons (Fsp3) is 0.875. The molecule has 128 valence electrons. The summed E-state index contributed by atoms with van der Waals surface area (Å²) >= 11 is 0. The van der Waals surface area contributed by atoms with Gasteiger partial charge in [0.15, 0.2) is 5.96 Å². The fourth-order valence-electron chi connectivity index (χ4n) is 2.42. The van der Waals surface area contributed by atoms with Gasteiger partial charge in [0.25, 0.3) is 0 Å². The Morgan fingerprint density at radius 1 is 1.45 bits per heavy atom. The number of nitrogens with one attached hydrogen (secondary N) is 2. The Bertz CT molecular complexity index is 358. The lowest BCUT2D eigenvalue weighted by molar-refractivity contribution is -0.129. The molecular weight excluding hydrogens is 280 g/mol. The van der Waals surface area contributed by atoms with Gasteiger partial charge in [-0.1, -0.05) is 20.8 Å². The van der Waals surface area contributed by atoms with Gasteiger partial charge in [0.05, 0.1) is 0 Å². The van der Waals surface area contributed by atoms with Crippen molar-refractivity contribution in [2.45, 2.75) is 46.1 Å². The average molecular weight is 312 g/mol. The van der Waals surface area contributed by atoms with Crippen LogP contribution in [0.5, 0.6) is 0 Å². The highest BCUT2D eigenvalue weighted by Crippen LogP contribution is 2.10. The minimum atomic E-state index is 0.231. The van der Waals surface area contributed by atoms with E-state index in [1.807, 2.05) is 11.8 Å². The molecule has 0 aromatic heterocycles. The third-order valence-corrected chi connectivity index (χ3v) is 3.62. The molecule has 1 amide bonds. The lowest BCUT2D eigenvalue weighted by atomic mass is 10.2. The smallest absolute Gasteiger partial charge is 0.222 e. The van der Waals surface area contributed by atoms with E-state index in [2.05, 4.69) is 29.5 Å². The third-order valence-electron chi connectivity index (χ3n) is 3.62. The Morgan fingerprint density at radius 2 is 2.23 bits per heavy atom. The van der Waals surface area contributed by atoms with Crippen LogP contribution in [0.3, 0.4) is 0 Å². The van der Waals surface area contributed by atoms with Gasteiger partial charge in [-0.25, -0.2) is 0 Å². The number of hydrogen-bond acceptors (Lipinski definition) is 3. The molecule has 1 fully saturated rings. The molecule has 1 heterocycles. The van der Waals surface area contributed by atoms with Crippen LogP contribution in [-0.2, 0) is 9.53 Å². The van der Waals surface area contributed by atoms with E-state index in [0.29, 0.717) is 18.4 Å². The van der Waals surface area contributed by atoms with Gasteiger partial charge in [-0.2, -0.15) is 0 Å². The van der Waals surface area contributed by atoms with Crippen molar-refractivity contribution in [1.29, 1.82) is 0 Å². The van der Waals surface area contributed by atoms with Crippen molar-refractivity contribution in [2.24, 2.45) is 10.9 Å². The number of rotatable bonds is 8. The molecule has 1 aliphatic heterocycles. The Kier molecular flexibility index (Phi) is 8.89. The van der Waals surface area contributed by atoms with Crippen molar-refractivity contribution in [3.63, 3.8) is 0 Å². The Hall–Kier alpha value is -1.30. The zero-order chi connectivity index (χ0) is 16.4. The molecule has 1 aliphatic rings. The molecular formula is C16H32N4O2. The molecule has 0 bridgehead atoms. The second kappa shape index (κ2) is 10.4. The second-order valence-electron chi connectivity index (χ2n) is 6.14. The molecule has 0 spiro atoms. The normalized spacial score (nSPS) is 18.9. The molecule has 0 aromatic rings. The summed E-state index contributed by atoms with van der Waals surface area (Å²) in [6.07, 6.45) is 2.51. The highest BCUT2D eigenvalue weighted by atomic mass is 16.5. The molecule has 1 rings (SSSR count). The number of ether oxygens (including phenoxy) is 1. The SMILES string of the molecule is CCC(=O)N1CCC(NC(=NC)NCCCOCC(C)C)C1. The molecule has 1 unspecified atom stereocenters. The van der Waals surface area contributed by atoms with Crippen LogP contribution >= 0.6 is 0 Å². The third kappa shape index (κ3) is 7.11. The van der Waals surface area contributed by atoms with Gasteiger partial charge in [0.1, 0.15) is 0 Å². The Morgan fingerprint density at radius 3 is 2.86 bits per heavy atom. The molecule has 6 nitrogen and oxygen atoms in total. The molecule has 2 N–H and O–H groups in total. The molecule has 6 heteroatoms. The fourth-order valence-corrected chi connectivity index (χ4v) is 2.42. The number of carbonyl (C=O) groups is 1. The lowest BCUT2D eigenvalue weighted by Crippen LogP contribution is -2.45. The van der Waals surface area contributed by atoms with E-state index in [-0.39, 0.29) is 5.91 Å². The van der Waals surface area contributed by atoms with Crippen molar-refractivity contribution in [2.75, 3.05) is 39.9 Å². The first kappa shape index (κ1) is 18.7. The molecule has 0 aromatic carbocycles. The number of likely N-dealkylation sites (tertiary alicyclic amines) is 1. The van der Waals surface area contributed by atoms with Gasteiger partial charge in [0.2, 0.25) is 5.91 Å². The number of amides is 1. The highest BCUT2D eigenvalue weighted by Gasteiger charge is 2.25. The minimum absolute atomic E-state index is 0.231. The second-order valence-corrected chi connectivity index (χ2v) is 6.14. The molecule has 0 saturated carbocycles. The summed E-state index contributed by atoms with van der Waals surface area (Å²) < 4.78 is 5.55. The van der Waals surface area contributed by atoms with E-state index in [0.717, 1.165) is 51.6 Å². The number of nitrogens with zero attached hydrogens (tertiary/aromatic N) is 2.